The van der Waals surface area contributed by atoms with Crippen molar-refractivity contribution in [2.75, 3.05) is 25.1 Å². The molecular formula is C32H42N4OS. The van der Waals surface area contributed by atoms with Gasteiger partial charge in [-0.2, -0.15) is 0 Å². The summed E-state index contributed by atoms with van der Waals surface area (Å²) in [6.07, 6.45) is 17.4. The van der Waals surface area contributed by atoms with Gasteiger partial charge < -0.3 is 14.5 Å². The van der Waals surface area contributed by atoms with Gasteiger partial charge in [-0.05, 0) is 100.0 Å². The first kappa shape index (κ1) is 28.0. The van der Waals surface area contributed by atoms with E-state index in [1.165, 1.54) is 36.8 Å². The van der Waals surface area contributed by atoms with Gasteiger partial charge in [-0.15, -0.1) is 0 Å². The molecule has 6 heteroatoms. The number of hydrogen-bond donors (Lipinski definition) is 0. The highest BCUT2D eigenvalue weighted by molar-refractivity contribution is 8.06. The Balaban J connectivity index is 1.59. The van der Waals surface area contributed by atoms with Crippen molar-refractivity contribution in [3.05, 3.63) is 82.2 Å². The van der Waals surface area contributed by atoms with E-state index in [1.54, 1.807) is 24.4 Å². The van der Waals surface area contributed by atoms with Crippen LogP contribution in [0, 0.1) is 5.92 Å². The van der Waals surface area contributed by atoms with E-state index in [0.29, 0.717) is 11.8 Å². The topological polar surface area (TPSA) is 41.0 Å². The lowest BCUT2D eigenvalue weighted by atomic mass is 10.0. The Morgan fingerprint density at radius 1 is 1.26 bits per heavy atom. The number of aromatic nitrogens is 1. The zero-order valence-corrected chi connectivity index (χ0v) is 24.5. The maximum absolute atomic E-state index is 5.73. The first-order valence-corrected chi connectivity index (χ1v) is 14.7. The number of nitrogens with zero attached hydrogens (tertiary/aromatic N) is 4. The lowest BCUT2D eigenvalue weighted by Crippen LogP contribution is -2.32. The molecule has 4 rings (SSSR count). The molecule has 0 saturated carbocycles. The average Bonchev–Trinajstić information content (AvgIpc) is 3.24. The number of pyridine rings is 1. The number of anilines is 1. The van der Waals surface area contributed by atoms with Gasteiger partial charge in [0.1, 0.15) is 16.6 Å². The molecule has 0 N–H and O–H groups in total. The van der Waals surface area contributed by atoms with Crippen molar-refractivity contribution in [2.24, 2.45) is 10.9 Å². The standard InChI is InChI=1S/C32H42N4OS/c1-7-12-30(34-31-27-16-9-14-26(27)15-11-19-35(31)8-2)38-22-25(5)28-17-18-29(32(33-28)37-6)36-20-10-13-23(3)24(4)21-36/h7,10,12,17-18,20-23H,1,8-9,11,13-16,19H2,2-6H3/b25-22?,30-12+,34-31?. The van der Waals surface area contributed by atoms with Crippen LogP contribution in [-0.2, 0) is 0 Å². The number of hydrogen-bond acceptors (Lipinski definition) is 5. The average molecular weight is 531 g/mol. The number of likely N-dealkylation sites (N-methyl/N-ethyl adjacent to an activating group) is 1. The van der Waals surface area contributed by atoms with Crippen molar-refractivity contribution >= 4 is 28.9 Å². The molecule has 1 atom stereocenters. The van der Waals surface area contributed by atoms with Crippen molar-refractivity contribution in [1.82, 2.24) is 9.88 Å². The summed E-state index contributed by atoms with van der Waals surface area (Å²) >= 11 is 1.62. The second kappa shape index (κ2) is 13.2. The molecule has 0 saturated heterocycles. The molecule has 5 nitrogen and oxygen atoms in total. The summed E-state index contributed by atoms with van der Waals surface area (Å²) in [6, 6.07) is 4.16. The van der Waals surface area contributed by atoms with E-state index in [0.717, 1.165) is 53.8 Å². The van der Waals surface area contributed by atoms with E-state index >= 15 is 0 Å². The fourth-order valence-corrected chi connectivity index (χ4v) is 5.93. The normalized spacial score (nSPS) is 21.9. The van der Waals surface area contributed by atoms with Gasteiger partial charge in [0, 0.05) is 25.5 Å². The molecule has 0 fully saturated rings. The summed E-state index contributed by atoms with van der Waals surface area (Å²) in [5.41, 5.74) is 7.33. The Bertz CT molecular complexity index is 1220. The summed E-state index contributed by atoms with van der Waals surface area (Å²) in [4.78, 5) is 14.6. The minimum Gasteiger partial charge on any atom is -0.479 e. The molecule has 1 aliphatic carbocycles. The van der Waals surface area contributed by atoms with Gasteiger partial charge in [-0.3, -0.25) is 0 Å². The molecule has 38 heavy (non-hydrogen) atoms. The van der Waals surface area contributed by atoms with Crippen LogP contribution in [0.5, 0.6) is 5.88 Å². The fraction of sp³-hybridized carbons (Fsp3) is 0.438. The van der Waals surface area contributed by atoms with Crippen LogP contribution in [-0.4, -0.2) is 35.9 Å². The maximum atomic E-state index is 5.73. The molecule has 0 spiro atoms. The number of ether oxygens (including phenoxy) is 1. The van der Waals surface area contributed by atoms with Crippen LogP contribution < -0.4 is 9.64 Å². The van der Waals surface area contributed by atoms with Gasteiger partial charge in [0.2, 0.25) is 5.88 Å². The molecule has 3 aliphatic rings. The molecule has 3 heterocycles. The van der Waals surface area contributed by atoms with Gasteiger partial charge in [-0.25, -0.2) is 9.98 Å². The third-order valence-electron chi connectivity index (χ3n) is 7.61. The fourth-order valence-electron chi connectivity index (χ4n) is 5.20. The zero-order chi connectivity index (χ0) is 27.1. The van der Waals surface area contributed by atoms with Crippen LogP contribution in [0.15, 0.2) is 81.5 Å². The van der Waals surface area contributed by atoms with Crippen LogP contribution in [0.4, 0.5) is 5.69 Å². The second-order valence-electron chi connectivity index (χ2n) is 10.2. The molecule has 1 aromatic rings. The molecular weight excluding hydrogens is 488 g/mol. The lowest BCUT2D eigenvalue weighted by Gasteiger charge is -2.24. The molecule has 1 unspecified atom stereocenters. The van der Waals surface area contributed by atoms with E-state index in [4.69, 9.17) is 14.7 Å². The lowest BCUT2D eigenvalue weighted by molar-refractivity contribution is 0.398. The van der Waals surface area contributed by atoms with Crippen molar-refractivity contribution in [2.45, 2.75) is 66.2 Å². The summed E-state index contributed by atoms with van der Waals surface area (Å²) in [5.74, 6) is 2.30. The van der Waals surface area contributed by atoms with Crippen LogP contribution >= 0.6 is 11.8 Å². The number of methoxy groups -OCH3 is 1. The predicted molar refractivity (Wildman–Crippen MR) is 164 cm³/mol. The molecule has 0 bridgehead atoms. The Kier molecular flexibility index (Phi) is 9.73. The van der Waals surface area contributed by atoms with Crippen molar-refractivity contribution in [1.29, 1.82) is 0 Å². The SMILES string of the molecule is C=C/C=C(\N=C1C2=C(CCC2)CCCN1CC)SC=C(C)c1ccc(N2C=CCC(C)C(C)=C2)c(OC)n1. The predicted octanol–water partition coefficient (Wildman–Crippen LogP) is 8.47. The number of aliphatic imine (C=N–C) groups is 1. The van der Waals surface area contributed by atoms with E-state index < -0.39 is 0 Å². The van der Waals surface area contributed by atoms with Crippen LogP contribution in [0.1, 0.15) is 71.9 Å². The highest BCUT2D eigenvalue weighted by Crippen LogP contribution is 2.36. The first-order valence-electron chi connectivity index (χ1n) is 13.8. The largest absolute Gasteiger partial charge is 0.479 e. The molecule has 1 aromatic heterocycles. The maximum Gasteiger partial charge on any atom is 0.238 e. The molecule has 0 radical (unpaired) electrons. The molecule has 2 aliphatic heterocycles. The van der Waals surface area contributed by atoms with Crippen LogP contribution in [0.3, 0.4) is 0 Å². The summed E-state index contributed by atoms with van der Waals surface area (Å²) in [7, 11) is 1.68. The van der Waals surface area contributed by atoms with Crippen molar-refractivity contribution in [3.63, 3.8) is 0 Å². The van der Waals surface area contributed by atoms with Gasteiger partial charge in [0.05, 0.1) is 12.8 Å². The van der Waals surface area contributed by atoms with Gasteiger partial charge >= 0.3 is 0 Å². The minimum atomic E-state index is 0.525. The highest BCUT2D eigenvalue weighted by Gasteiger charge is 2.26. The third-order valence-corrected chi connectivity index (χ3v) is 8.55. The van der Waals surface area contributed by atoms with E-state index in [1.807, 2.05) is 12.2 Å². The summed E-state index contributed by atoms with van der Waals surface area (Å²) < 4.78 is 5.73. The molecule has 0 amide bonds. The quantitative estimate of drug-likeness (QED) is 0.315. The van der Waals surface area contributed by atoms with E-state index in [-0.39, 0.29) is 0 Å². The Morgan fingerprint density at radius 3 is 2.84 bits per heavy atom. The molecule has 202 valence electrons. The Labute approximate surface area is 233 Å². The summed E-state index contributed by atoms with van der Waals surface area (Å²) in [5, 5.41) is 3.08. The number of rotatable bonds is 8. The minimum absolute atomic E-state index is 0.525. The van der Waals surface area contributed by atoms with Gasteiger partial charge in [0.15, 0.2) is 0 Å². The van der Waals surface area contributed by atoms with Gasteiger partial charge in [0.25, 0.3) is 0 Å². The zero-order valence-electron chi connectivity index (χ0n) is 23.7. The number of allylic oxidation sites excluding steroid dienone is 6. The summed E-state index contributed by atoms with van der Waals surface area (Å²) in [6.45, 7) is 14.7. The van der Waals surface area contributed by atoms with Crippen LogP contribution in [0.2, 0.25) is 0 Å². The smallest absolute Gasteiger partial charge is 0.238 e. The van der Waals surface area contributed by atoms with Crippen molar-refractivity contribution in [3.8, 4) is 5.88 Å². The second-order valence-corrected chi connectivity index (χ2v) is 11.1. The molecule has 0 aromatic carbocycles. The Morgan fingerprint density at radius 2 is 2.08 bits per heavy atom. The Hall–Kier alpha value is -2.99. The monoisotopic (exact) mass is 530 g/mol. The number of thioether (sulfide) groups is 1. The van der Waals surface area contributed by atoms with E-state index in [2.05, 4.69) is 80.1 Å². The number of amidine groups is 1. The van der Waals surface area contributed by atoms with E-state index in [9.17, 15) is 0 Å². The van der Waals surface area contributed by atoms with Crippen molar-refractivity contribution < 1.29 is 4.74 Å². The van der Waals surface area contributed by atoms with Gasteiger partial charge in [-0.1, -0.05) is 48.6 Å². The third kappa shape index (κ3) is 6.52. The highest BCUT2D eigenvalue weighted by atomic mass is 32.2. The van der Waals surface area contributed by atoms with Crippen LogP contribution in [0.25, 0.3) is 5.57 Å². The first-order chi connectivity index (χ1) is 18.4.